The second-order valence-corrected chi connectivity index (χ2v) is 4.48. The van der Waals surface area contributed by atoms with E-state index in [4.69, 9.17) is 10.2 Å². The molecule has 1 aromatic heterocycles. The molecule has 7 heteroatoms. The van der Waals surface area contributed by atoms with Crippen molar-refractivity contribution in [2.75, 3.05) is 13.7 Å². The van der Waals surface area contributed by atoms with Crippen LogP contribution in [-0.2, 0) is 11.3 Å². The normalized spacial score (nSPS) is 11.8. The van der Waals surface area contributed by atoms with Gasteiger partial charge in [-0.25, -0.2) is 9.59 Å². The lowest BCUT2D eigenvalue weighted by molar-refractivity contribution is -0.139. The zero-order chi connectivity index (χ0) is 15.1. The third-order valence-corrected chi connectivity index (χ3v) is 2.71. The van der Waals surface area contributed by atoms with Crippen LogP contribution in [0.25, 0.3) is 0 Å². The standard InChI is InChI=1S/C13H19N3O4/c1-9-4-3-5-10(14-9)8-16(2)13(20)15-11(6-7-17)12(18)19/h3-5,11,17H,6-8H2,1-2H3,(H,15,20)(H,18,19). The van der Waals surface area contributed by atoms with E-state index in [9.17, 15) is 9.59 Å². The van der Waals surface area contributed by atoms with Crippen molar-refractivity contribution in [3.8, 4) is 0 Å². The number of hydrogen-bond acceptors (Lipinski definition) is 4. The van der Waals surface area contributed by atoms with Crippen molar-refractivity contribution in [3.05, 3.63) is 29.6 Å². The second-order valence-electron chi connectivity index (χ2n) is 4.48. The molecule has 1 unspecified atom stereocenters. The number of aromatic nitrogens is 1. The molecule has 0 aliphatic rings. The number of aryl methyl sites for hydroxylation is 1. The first-order valence-corrected chi connectivity index (χ1v) is 6.22. The predicted octanol–water partition coefficient (Wildman–Crippen LogP) is 0.367. The van der Waals surface area contributed by atoms with Crippen LogP contribution < -0.4 is 5.32 Å². The van der Waals surface area contributed by atoms with Crippen LogP contribution in [0.5, 0.6) is 0 Å². The van der Waals surface area contributed by atoms with Gasteiger partial charge < -0.3 is 20.4 Å². The molecule has 1 atom stereocenters. The number of nitrogens with one attached hydrogen (secondary N) is 1. The van der Waals surface area contributed by atoms with Crippen molar-refractivity contribution < 1.29 is 19.8 Å². The first-order valence-electron chi connectivity index (χ1n) is 6.22. The molecule has 0 aliphatic heterocycles. The van der Waals surface area contributed by atoms with E-state index in [2.05, 4.69) is 10.3 Å². The molecule has 7 nitrogen and oxygen atoms in total. The summed E-state index contributed by atoms with van der Waals surface area (Å²) in [4.78, 5) is 28.4. The molecule has 1 aromatic rings. The van der Waals surface area contributed by atoms with Crippen molar-refractivity contribution >= 4 is 12.0 Å². The molecule has 0 fully saturated rings. The quantitative estimate of drug-likeness (QED) is 0.699. The molecule has 2 amide bonds. The Bertz CT molecular complexity index is 478. The van der Waals surface area contributed by atoms with Crippen LogP contribution in [0.3, 0.4) is 0 Å². The maximum absolute atomic E-state index is 11.9. The number of aliphatic hydroxyl groups is 1. The summed E-state index contributed by atoms with van der Waals surface area (Å²) in [6.45, 7) is 1.82. The zero-order valence-electron chi connectivity index (χ0n) is 11.5. The lowest BCUT2D eigenvalue weighted by Crippen LogP contribution is -2.46. The first-order chi connectivity index (χ1) is 9.43. The number of carbonyl (C=O) groups excluding carboxylic acids is 1. The van der Waals surface area contributed by atoms with Crippen molar-refractivity contribution in [2.45, 2.75) is 25.9 Å². The Morgan fingerprint density at radius 3 is 2.70 bits per heavy atom. The molecule has 0 saturated heterocycles. The summed E-state index contributed by atoms with van der Waals surface area (Å²) >= 11 is 0. The number of carboxylic acids is 1. The Morgan fingerprint density at radius 1 is 1.45 bits per heavy atom. The van der Waals surface area contributed by atoms with Gasteiger partial charge in [-0.2, -0.15) is 0 Å². The van der Waals surface area contributed by atoms with Crippen LogP contribution in [0.4, 0.5) is 4.79 Å². The van der Waals surface area contributed by atoms with Gasteiger partial charge in [-0.15, -0.1) is 0 Å². The molecule has 20 heavy (non-hydrogen) atoms. The third kappa shape index (κ3) is 4.85. The molecule has 0 aliphatic carbocycles. The highest BCUT2D eigenvalue weighted by atomic mass is 16.4. The number of rotatable bonds is 6. The van der Waals surface area contributed by atoms with Gasteiger partial charge in [0.15, 0.2) is 0 Å². The maximum atomic E-state index is 11.9. The molecule has 1 heterocycles. The molecule has 1 rings (SSSR count). The summed E-state index contributed by atoms with van der Waals surface area (Å²) in [6.07, 6.45) is -0.0302. The van der Waals surface area contributed by atoms with E-state index >= 15 is 0 Å². The average molecular weight is 281 g/mol. The van der Waals surface area contributed by atoms with Gasteiger partial charge in [-0.05, 0) is 19.1 Å². The molecule has 0 radical (unpaired) electrons. The average Bonchev–Trinajstić information content (AvgIpc) is 2.37. The van der Waals surface area contributed by atoms with Crippen molar-refractivity contribution in [3.63, 3.8) is 0 Å². The van der Waals surface area contributed by atoms with E-state index < -0.39 is 18.0 Å². The zero-order valence-corrected chi connectivity index (χ0v) is 11.5. The molecular weight excluding hydrogens is 262 g/mol. The SMILES string of the molecule is Cc1cccc(CN(C)C(=O)NC(CCO)C(=O)O)n1. The fourth-order valence-electron chi connectivity index (χ4n) is 1.65. The number of aliphatic carboxylic acids is 1. The second kappa shape index (κ2) is 7.44. The molecule has 0 spiro atoms. The van der Waals surface area contributed by atoms with Crippen molar-refractivity contribution in [2.24, 2.45) is 0 Å². The highest BCUT2D eigenvalue weighted by molar-refractivity contribution is 5.82. The van der Waals surface area contributed by atoms with E-state index in [1.807, 2.05) is 19.1 Å². The minimum atomic E-state index is -1.17. The van der Waals surface area contributed by atoms with Gasteiger partial charge in [0.05, 0.1) is 12.2 Å². The Hall–Kier alpha value is -2.15. The first kappa shape index (κ1) is 15.9. The summed E-state index contributed by atoms with van der Waals surface area (Å²) < 4.78 is 0. The van der Waals surface area contributed by atoms with Crippen LogP contribution in [0.1, 0.15) is 17.8 Å². The summed E-state index contributed by atoms with van der Waals surface area (Å²) in [7, 11) is 1.55. The molecule has 0 saturated carbocycles. The highest BCUT2D eigenvalue weighted by Gasteiger charge is 2.21. The minimum Gasteiger partial charge on any atom is -0.480 e. The number of pyridine rings is 1. The lowest BCUT2D eigenvalue weighted by atomic mass is 10.2. The van der Waals surface area contributed by atoms with E-state index in [-0.39, 0.29) is 19.6 Å². The number of nitrogens with zero attached hydrogens (tertiary/aromatic N) is 2. The molecule has 0 aromatic carbocycles. The highest BCUT2D eigenvalue weighted by Crippen LogP contribution is 2.03. The van der Waals surface area contributed by atoms with E-state index in [1.165, 1.54) is 4.90 Å². The van der Waals surface area contributed by atoms with Gasteiger partial charge in [0.1, 0.15) is 6.04 Å². The van der Waals surface area contributed by atoms with Crippen LogP contribution in [0.2, 0.25) is 0 Å². The Balaban J connectivity index is 2.60. The number of carboxylic acid groups (broad SMARTS) is 1. The van der Waals surface area contributed by atoms with E-state index in [0.717, 1.165) is 11.4 Å². The van der Waals surface area contributed by atoms with Crippen LogP contribution in [0.15, 0.2) is 18.2 Å². The van der Waals surface area contributed by atoms with Crippen LogP contribution >= 0.6 is 0 Å². The molecule has 110 valence electrons. The number of carbonyl (C=O) groups is 2. The van der Waals surface area contributed by atoms with Gasteiger partial charge in [0.25, 0.3) is 0 Å². The summed E-state index contributed by atoms with van der Waals surface area (Å²) in [5, 5.41) is 20.0. The molecule has 3 N–H and O–H groups in total. The molecular formula is C13H19N3O4. The Morgan fingerprint density at radius 2 is 2.15 bits per heavy atom. The van der Waals surface area contributed by atoms with Crippen LogP contribution in [0, 0.1) is 6.92 Å². The maximum Gasteiger partial charge on any atom is 0.326 e. The fraction of sp³-hybridized carbons (Fsp3) is 0.462. The number of hydrogen-bond donors (Lipinski definition) is 3. The van der Waals surface area contributed by atoms with Gasteiger partial charge in [0.2, 0.25) is 0 Å². The van der Waals surface area contributed by atoms with Gasteiger partial charge in [0, 0.05) is 25.8 Å². The monoisotopic (exact) mass is 281 g/mol. The summed E-state index contributed by atoms with van der Waals surface area (Å²) in [6, 6.07) is 3.87. The number of urea groups is 1. The topological polar surface area (TPSA) is 103 Å². The van der Waals surface area contributed by atoms with Gasteiger partial charge >= 0.3 is 12.0 Å². The third-order valence-electron chi connectivity index (χ3n) is 2.71. The van der Waals surface area contributed by atoms with Gasteiger partial charge in [-0.1, -0.05) is 6.07 Å². The fourth-order valence-corrected chi connectivity index (χ4v) is 1.65. The smallest absolute Gasteiger partial charge is 0.326 e. The summed E-state index contributed by atoms with van der Waals surface area (Å²) in [5.74, 6) is -1.17. The lowest BCUT2D eigenvalue weighted by Gasteiger charge is -2.20. The minimum absolute atomic E-state index is 0.0302. The predicted molar refractivity (Wildman–Crippen MR) is 72.1 cm³/mol. The number of amides is 2. The van der Waals surface area contributed by atoms with Crippen molar-refractivity contribution in [1.29, 1.82) is 0 Å². The van der Waals surface area contributed by atoms with Crippen molar-refractivity contribution in [1.82, 2.24) is 15.2 Å². The Kier molecular flexibility index (Phi) is 5.92. The molecule has 0 bridgehead atoms. The largest absolute Gasteiger partial charge is 0.480 e. The number of aliphatic hydroxyl groups excluding tert-OH is 1. The van der Waals surface area contributed by atoms with Gasteiger partial charge in [-0.3, -0.25) is 4.98 Å². The van der Waals surface area contributed by atoms with E-state index in [1.54, 1.807) is 13.1 Å². The Labute approximate surface area is 117 Å². The van der Waals surface area contributed by atoms with Crippen LogP contribution in [-0.4, -0.2) is 51.8 Å². The summed E-state index contributed by atoms with van der Waals surface area (Å²) in [5.41, 5.74) is 1.57. The van der Waals surface area contributed by atoms with E-state index in [0.29, 0.717) is 0 Å².